The summed E-state index contributed by atoms with van der Waals surface area (Å²) in [6.07, 6.45) is -0.532. The van der Waals surface area contributed by atoms with Crippen LogP contribution in [0.1, 0.15) is 11.1 Å². The first-order chi connectivity index (χ1) is 11.7. The molecule has 0 radical (unpaired) electrons. The number of rotatable bonds is 4. The van der Waals surface area contributed by atoms with Crippen LogP contribution in [0.15, 0.2) is 53.4 Å². The van der Waals surface area contributed by atoms with Crippen LogP contribution in [0.4, 0.5) is 10.5 Å². The van der Waals surface area contributed by atoms with Crippen molar-refractivity contribution in [3.8, 4) is 17.2 Å². The van der Waals surface area contributed by atoms with Crippen LogP contribution in [0.3, 0.4) is 0 Å². The van der Waals surface area contributed by atoms with Crippen molar-refractivity contribution in [3.63, 3.8) is 0 Å². The molecule has 0 atom stereocenters. The van der Waals surface area contributed by atoms with E-state index in [1.165, 1.54) is 0 Å². The number of carbonyl (C=O) groups excluding carboxylic acids is 1. The third-order valence-electron chi connectivity index (χ3n) is 2.95. The van der Waals surface area contributed by atoms with Crippen LogP contribution in [-0.4, -0.2) is 12.6 Å². The Balaban J connectivity index is 1.82. The first kappa shape index (κ1) is 17.3. The van der Waals surface area contributed by atoms with Gasteiger partial charge in [-0.2, -0.15) is 5.26 Å². The highest BCUT2D eigenvalue weighted by molar-refractivity contribution is 8.03. The first-order valence-electron chi connectivity index (χ1n) is 7.08. The van der Waals surface area contributed by atoms with Gasteiger partial charge in [0.1, 0.15) is 12.0 Å². The molecule has 0 unspecified atom stereocenters. The molecule has 0 aliphatic heterocycles. The zero-order valence-corrected chi connectivity index (χ0v) is 13.6. The van der Waals surface area contributed by atoms with Gasteiger partial charge in [-0.15, -0.1) is 0 Å². The Morgan fingerprint density at radius 2 is 2.04 bits per heavy atom. The van der Waals surface area contributed by atoms with E-state index >= 15 is 0 Å². The zero-order valence-electron chi connectivity index (χ0n) is 12.8. The number of benzene rings is 2. The third-order valence-corrected chi connectivity index (χ3v) is 3.53. The Bertz CT molecular complexity index is 804. The van der Waals surface area contributed by atoms with Crippen LogP contribution in [0.5, 0.6) is 0 Å². The number of anilines is 1. The van der Waals surface area contributed by atoms with E-state index in [1.807, 2.05) is 35.7 Å². The van der Waals surface area contributed by atoms with E-state index in [0.29, 0.717) is 11.3 Å². The summed E-state index contributed by atoms with van der Waals surface area (Å²) in [5.41, 5.74) is 7.89. The van der Waals surface area contributed by atoms with E-state index < -0.39 is 6.09 Å². The third kappa shape index (κ3) is 5.60. The lowest BCUT2D eigenvalue weighted by molar-refractivity contribution is 0.141. The summed E-state index contributed by atoms with van der Waals surface area (Å²) in [5.74, 6) is 5.68. The smallest absolute Gasteiger partial charge is 0.408 e. The van der Waals surface area contributed by atoms with Gasteiger partial charge in [0.2, 0.25) is 0 Å². The van der Waals surface area contributed by atoms with Crippen LogP contribution < -0.4 is 11.1 Å². The van der Waals surface area contributed by atoms with Crippen LogP contribution >= 0.6 is 11.8 Å². The average molecular weight is 337 g/mol. The molecule has 0 aromatic heterocycles. The number of alkyl carbamates (subject to hydrolysis) is 1. The molecule has 120 valence electrons. The minimum atomic E-state index is -0.532. The molecule has 0 saturated carbocycles. The standard InChI is InChI=1S/C18H15N3O2S/c19-13-24-16-8-9-17(20)15(11-16)7-4-10-21-18(22)23-12-14-5-2-1-3-6-14/h1-3,5-6,8-9,11H,10,12,20H2,(H,21,22). The molecule has 24 heavy (non-hydrogen) atoms. The number of hydrogen-bond donors (Lipinski definition) is 2. The maximum atomic E-state index is 11.6. The maximum absolute atomic E-state index is 11.6. The number of carbonyl (C=O) groups is 1. The van der Waals surface area contributed by atoms with Crippen molar-refractivity contribution in [1.82, 2.24) is 5.32 Å². The highest BCUT2D eigenvalue weighted by Crippen LogP contribution is 2.21. The lowest BCUT2D eigenvalue weighted by Crippen LogP contribution is -2.24. The molecule has 0 fully saturated rings. The van der Waals surface area contributed by atoms with Gasteiger partial charge in [-0.25, -0.2) is 4.79 Å². The van der Waals surface area contributed by atoms with Crippen molar-refractivity contribution in [1.29, 1.82) is 5.26 Å². The molecule has 0 spiro atoms. The summed E-state index contributed by atoms with van der Waals surface area (Å²) in [5, 5.41) is 13.2. The SMILES string of the molecule is N#CSc1ccc(N)c(C#CCNC(=O)OCc2ccccc2)c1. The van der Waals surface area contributed by atoms with Crippen molar-refractivity contribution in [2.24, 2.45) is 0 Å². The molecule has 0 aliphatic carbocycles. The molecule has 2 aromatic carbocycles. The van der Waals surface area contributed by atoms with E-state index in [1.54, 1.807) is 18.2 Å². The van der Waals surface area contributed by atoms with Crippen LogP contribution in [-0.2, 0) is 11.3 Å². The zero-order chi connectivity index (χ0) is 17.2. The summed E-state index contributed by atoms with van der Waals surface area (Å²) < 4.78 is 5.07. The molecule has 0 bridgehead atoms. The molecule has 5 nitrogen and oxygen atoms in total. The van der Waals surface area contributed by atoms with Crippen molar-refractivity contribution in [3.05, 3.63) is 59.7 Å². The van der Waals surface area contributed by atoms with Crippen LogP contribution in [0.2, 0.25) is 0 Å². The maximum Gasteiger partial charge on any atom is 0.408 e. The van der Waals surface area contributed by atoms with Gasteiger partial charge in [0.15, 0.2) is 0 Å². The molecular formula is C18H15N3O2S. The number of hydrogen-bond acceptors (Lipinski definition) is 5. The lowest BCUT2D eigenvalue weighted by Gasteiger charge is -2.04. The first-order valence-corrected chi connectivity index (χ1v) is 7.89. The number of amides is 1. The Morgan fingerprint density at radius 3 is 2.79 bits per heavy atom. The summed E-state index contributed by atoms with van der Waals surface area (Å²) in [4.78, 5) is 12.3. The fraction of sp³-hybridized carbons (Fsp3) is 0.111. The minimum Gasteiger partial charge on any atom is -0.445 e. The van der Waals surface area contributed by atoms with Gasteiger partial charge in [0.05, 0.1) is 6.54 Å². The van der Waals surface area contributed by atoms with Crippen molar-refractivity contribution in [2.75, 3.05) is 12.3 Å². The van der Waals surface area contributed by atoms with Gasteiger partial charge >= 0.3 is 6.09 Å². The number of nitrogens with zero attached hydrogens (tertiary/aromatic N) is 1. The Hall–Kier alpha value is -3.09. The number of nitrogens with one attached hydrogen (secondary N) is 1. The fourth-order valence-electron chi connectivity index (χ4n) is 1.79. The molecular weight excluding hydrogens is 322 g/mol. The number of thiocyanates is 1. The molecule has 2 rings (SSSR count). The Morgan fingerprint density at radius 1 is 1.25 bits per heavy atom. The predicted octanol–water partition coefficient (Wildman–Crippen LogP) is 3.12. The number of nitrogens with two attached hydrogens (primary N) is 1. The molecule has 0 heterocycles. The highest BCUT2D eigenvalue weighted by Gasteiger charge is 2.01. The van der Waals surface area contributed by atoms with E-state index in [2.05, 4.69) is 17.2 Å². The van der Waals surface area contributed by atoms with Gasteiger partial charge in [-0.1, -0.05) is 42.2 Å². The van der Waals surface area contributed by atoms with Gasteiger partial charge in [0.25, 0.3) is 0 Å². The Labute approximate surface area is 144 Å². The highest BCUT2D eigenvalue weighted by atomic mass is 32.2. The summed E-state index contributed by atoms with van der Waals surface area (Å²) >= 11 is 1.04. The van der Waals surface area contributed by atoms with Gasteiger partial charge < -0.3 is 15.8 Å². The molecule has 0 aliphatic rings. The summed E-state index contributed by atoms with van der Waals surface area (Å²) in [7, 11) is 0. The van der Waals surface area contributed by atoms with Crippen molar-refractivity contribution < 1.29 is 9.53 Å². The number of nitrogen functional groups attached to an aromatic ring is 1. The molecule has 3 N–H and O–H groups in total. The lowest BCUT2D eigenvalue weighted by atomic mass is 10.2. The van der Waals surface area contributed by atoms with Crippen molar-refractivity contribution in [2.45, 2.75) is 11.5 Å². The van der Waals surface area contributed by atoms with Crippen molar-refractivity contribution >= 4 is 23.5 Å². The Kier molecular flexibility index (Phi) is 6.58. The van der Waals surface area contributed by atoms with E-state index in [4.69, 9.17) is 15.7 Å². The summed E-state index contributed by atoms with van der Waals surface area (Å²) in [6.45, 7) is 0.350. The average Bonchev–Trinajstić information content (AvgIpc) is 2.60. The largest absolute Gasteiger partial charge is 0.445 e. The number of ether oxygens (including phenoxy) is 1. The monoisotopic (exact) mass is 337 g/mol. The second-order valence-corrected chi connectivity index (χ2v) is 5.52. The second kappa shape index (κ2) is 9.14. The molecule has 2 aromatic rings. The van der Waals surface area contributed by atoms with Crippen LogP contribution in [0.25, 0.3) is 0 Å². The second-order valence-electron chi connectivity index (χ2n) is 4.66. The predicted molar refractivity (Wildman–Crippen MR) is 93.8 cm³/mol. The van der Waals surface area contributed by atoms with E-state index in [9.17, 15) is 4.79 Å². The molecule has 0 saturated heterocycles. The number of nitriles is 1. The minimum absolute atomic E-state index is 0.142. The number of thioether (sulfide) groups is 1. The van der Waals surface area contributed by atoms with Gasteiger partial charge in [-0.3, -0.25) is 0 Å². The fourth-order valence-corrected chi connectivity index (χ4v) is 2.21. The van der Waals surface area contributed by atoms with E-state index in [-0.39, 0.29) is 13.2 Å². The molecule has 1 amide bonds. The summed E-state index contributed by atoms with van der Waals surface area (Å²) in [6, 6.07) is 14.6. The normalized spacial score (nSPS) is 9.29. The van der Waals surface area contributed by atoms with Crippen LogP contribution in [0, 0.1) is 22.5 Å². The quantitative estimate of drug-likeness (QED) is 0.387. The molecule has 6 heteroatoms. The van der Waals surface area contributed by atoms with Gasteiger partial charge in [-0.05, 0) is 35.5 Å². The van der Waals surface area contributed by atoms with E-state index in [0.717, 1.165) is 22.2 Å². The van der Waals surface area contributed by atoms with Gasteiger partial charge in [0, 0.05) is 16.1 Å². The topological polar surface area (TPSA) is 88.1 Å².